The van der Waals surface area contributed by atoms with Gasteiger partial charge < -0.3 is 39.7 Å². The van der Waals surface area contributed by atoms with Crippen LogP contribution in [0.15, 0.2) is 24.0 Å². The van der Waals surface area contributed by atoms with Crippen LogP contribution in [0.25, 0.3) is 0 Å². The van der Waals surface area contributed by atoms with Crippen molar-refractivity contribution in [3.8, 4) is 11.5 Å². The Morgan fingerprint density at radius 1 is 1.32 bits per heavy atom. The lowest BCUT2D eigenvalue weighted by atomic mass is 9.77. The summed E-state index contributed by atoms with van der Waals surface area (Å²) in [6, 6.07) is 3.75. The minimum atomic E-state index is -1.81. The average molecular weight is 519 g/mol. The maximum Gasteiger partial charge on any atom is 0.333 e. The Bertz CT molecular complexity index is 1090. The Morgan fingerprint density at radius 2 is 2.11 bits per heavy atom. The van der Waals surface area contributed by atoms with E-state index >= 15 is 0 Å². The van der Waals surface area contributed by atoms with E-state index in [0.717, 1.165) is 30.5 Å². The molecule has 4 N–H and O–H groups in total. The summed E-state index contributed by atoms with van der Waals surface area (Å²) in [6.07, 6.45) is 1.26. The number of aliphatic hydroxyl groups excluding tert-OH is 1. The molecule has 4 atom stereocenters. The molecule has 1 aliphatic carbocycles. The number of carboxylic acid groups (broad SMARTS) is 1. The number of amides is 1. The number of fused-ring (bicyclic) bond motifs is 4. The molecule has 2 aliphatic heterocycles. The number of carbonyl (C=O) groups is 3. The summed E-state index contributed by atoms with van der Waals surface area (Å²) in [5.74, 6) is -1.32. The van der Waals surface area contributed by atoms with Gasteiger partial charge in [0.2, 0.25) is 5.91 Å². The van der Waals surface area contributed by atoms with Crippen LogP contribution in [0.3, 0.4) is 0 Å². The number of hydrogen-bond acceptors (Lipinski definition) is 9. The van der Waals surface area contributed by atoms with Crippen LogP contribution in [0.4, 0.5) is 0 Å². The van der Waals surface area contributed by atoms with Gasteiger partial charge >= 0.3 is 11.9 Å². The monoisotopic (exact) mass is 518 g/mol. The molecular formula is C26H34N2O9. The van der Waals surface area contributed by atoms with Crippen molar-refractivity contribution in [1.29, 1.82) is 0 Å². The first-order valence-electron chi connectivity index (χ1n) is 12.5. The minimum Gasteiger partial charge on any atom is -0.493 e. The number of carbonyl (C=O) groups excluding carboxylic acids is 2. The van der Waals surface area contributed by atoms with E-state index in [-0.39, 0.29) is 31.8 Å². The second-order valence-corrected chi connectivity index (χ2v) is 9.90. The van der Waals surface area contributed by atoms with Crippen molar-refractivity contribution >= 4 is 17.8 Å². The van der Waals surface area contributed by atoms with Crippen molar-refractivity contribution in [2.75, 3.05) is 27.2 Å². The maximum absolute atomic E-state index is 12.6. The lowest BCUT2D eigenvalue weighted by Gasteiger charge is -2.44. The fourth-order valence-electron chi connectivity index (χ4n) is 5.38. The van der Waals surface area contributed by atoms with E-state index in [1.54, 1.807) is 13.2 Å². The number of aliphatic carboxylic acids is 1. The predicted octanol–water partition coefficient (Wildman–Crippen LogP) is 0.539. The lowest BCUT2D eigenvalue weighted by Crippen LogP contribution is -2.56. The number of ether oxygens (including phenoxy) is 3. The van der Waals surface area contributed by atoms with Crippen molar-refractivity contribution in [2.45, 2.75) is 68.8 Å². The predicted molar refractivity (Wildman–Crippen MR) is 130 cm³/mol. The highest BCUT2D eigenvalue weighted by Crippen LogP contribution is 2.44. The Hall–Kier alpha value is -3.15. The quantitative estimate of drug-likeness (QED) is 0.358. The van der Waals surface area contributed by atoms with Gasteiger partial charge in [0.05, 0.1) is 25.6 Å². The Kier molecular flexibility index (Phi) is 8.05. The third-order valence-electron chi connectivity index (χ3n) is 7.36. The standard InChI is InChI=1S/C26H34N2O9/c1-28-11-3-4-16-15-5-6-19(35-2)24(16)37-20-14-26(34,21(28)12-15)9-7-18(20)36-23(31)8-10-27-22(30)13-17(29)25(32)33/h5-7,17,20-21,29,34H,3-4,8-14H2,1-2H3,(H,27,30)(H,32,33)/t17-,20?,21+,26-/m0/s1. The van der Waals surface area contributed by atoms with Crippen LogP contribution in [0.5, 0.6) is 11.5 Å². The van der Waals surface area contributed by atoms with Crippen molar-refractivity contribution in [3.63, 3.8) is 0 Å². The summed E-state index contributed by atoms with van der Waals surface area (Å²) >= 11 is 0. The summed E-state index contributed by atoms with van der Waals surface area (Å²) in [5.41, 5.74) is 1.06. The molecule has 1 unspecified atom stereocenters. The highest BCUT2D eigenvalue weighted by Gasteiger charge is 2.47. The molecular weight excluding hydrogens is 484 g/mol. The number of nitrogens with zero attached hydrogens (tertiary/aromatic N) is 1. The molecule has 11 nitrogen and oxygen atoms in total. The molecule has 1 amide bonds. The van der Waals surface area contributed by atoms with Gasteiger partial charge in [-0.15, -0.1) is 0 Å². The van der Waals surface area contributed by atoms with E-state index in [9.17, 15) is 24.6 Å². The molecule has 3 aliphatic rings. The van der Waals surface area contributed by atoms with Gasteiger partial charge in [-0.1, -0.05) is 6.07 Å². The molecule has 0 saturated carbocycles. The first-order chi connectivity index (χ1) is 17.6. The third-order valence-corrected chi connectivity index (χ3v) is 7.36. The lowest BCUT2D eigenvalue weighted by molar-refractivity contribution is -0.149. The van der Waals surface area contributed by atoms with E-state index in [1.165, 1.54) is 0 Å². The summed E-state index contributed by atoms with van der Waals surface area (Å²) in [4.78, 5) is 37.2. The first kappa shape index (κ1) is 26.9. The SMILES string of the molecule is COc1ccc2c3c1OC1C[C@@](O)(CC=C1OC(=O)CCNC(=O)C[C@H](O)C(=O)O)[C@@H](C2)N(C)CCC3. The number of hydrogen-bond donors (Lipinski definition) is 4. The Balaban J connectivity index is 1.51. The van der Waals surface area contributed by atoms with Crippen LogP contribution < -0.4 is 14.8 Å². The topological polar surface area (TPSA) is 155 Å². The van der Waals surface area contributed by atoms with Crippen molar-refractivity contribution in [2.24, 2.45) is 0 Å². The second-order valence-electron chi connectivity index (χ2n) is 9.90. The molecule has 6 bridgehead atoms. The number of benzene rings is 1. The number of rotatable bonds is 8. The zero-order valence-corrected chi connectivity index (χ0v) is 21.1. The Labute approximate surface area is 215 Å². The summed E-state index contributed by atoms with van der Waals surface area (Å²) in [5, 5.41) is 32.1. The molecule has 202 valence electrons. The van der Waals surface area contributed by atoms with E-state index in [2.05, 4.69) is 10.2 Å². The summed E-state index contributed by atoms with van der Waals surface area (Å²) < 4.78 is 17.7. The molecule has 1 aromatic rings. The van der Waals surface area contributed by atoms with E-state index in [4.69, 9.17) is 19.3 Å². The first-order valence-corrected chi connectivity index (χ1v) is 12.5. The van der Waals surface area contributed by atoms with Crippen LogP contribution in [-0.2, 0) is 32.0 Å². The minimum absolute atomic E-state index is 0.0837. The molecule has 0 radical (unpaired) electrons. The van der Waals surface area contributed by atoms with Crippen molar-refractivity contribution < 1.29 is 43.9 Å². The van der Waals surface area contributed by atoms with E-state index in [1.807, 2.05) is 19.2 Å². The normalized spacial score (nSPS) is 25.7. The summed E-state index contributed by atoms with van der Waals surface area (Å²) in [6.45, 7) is 0.744. The molecule has 0 saturated heterocycles. The largest absolute Gasteiger partial charge is 0.493 e. The number of likely N-dealkylation sites (N-methyl/N-ethyl adjacent to an activating group) is 1. The van der Waals surface area contributed by atoms with Gasteiger partial charge in [0.15, 0.2) is 23.7 Å². The zero-order chi connectivity index (χ0) is 26.7. The zero-order valence-electron chi connectivity index (χ0n) is 21.1. The Morgan fingerprint density at radius 3 is 2.84 bits per heavy atom. The third kappa shape index (κ3) is 5.89. The number of carboxylic acids is 1. The number of nitrogens with one attached hydrogen (secondary N) is 1. The molecule has 0 spiro atoms. The number of esters is 1. The molecule has 1 aromatic carbocycles. The van der Waals surface area contributed by atoms with Gasteiger partial charge in [0.1, 0.15) is 5.76 Å². The molecule has 4 rings (SSSR count). The van der Waals surface area contributed by atoms with Gasteiger partial charge in [-0.2, -0.15) is 0 Å². The fourth-order valence-corrected chi connectivity index (χ4v) is 5.38. The van der Waals surface area contributed by atoms with Gasteiger partial charge in [-0.25, -0.2) is 4.79 Å². The molecule has 0 aromatic heterocycles. The van der Waals surface area contributed by atoms with Crippen molar-refractivity contribution in [1.82, 2.24) is 10.2 Å². The van der Waals surface area contributed by atoms with Gasteiger partial charge in [0.25, 0.3) is 0 Å². The highest BCUT2D eigenvalue weighted by molar-refractivity contribution is 5.83. The number of aliphatic hydroxyl groups is 2. The fraction of sp³-hybridized carbons (Fsp3) is 0.577. The van der Waals surface area contributed by atoms with Gasteiger partial charge in [-0.3, -0.25) is 9.59 Å². The van der Waals surface area contributed by atoms with E-state index in [0.29, 0.717) is 23.7 Å². The number of methoxy groups -OCH3 is 1. The van der Waals surface area contributed by atoms with Crippen LogP contribution in [0.1, 0.15) is 43.2 Å². The van der Waals surface area contributed by atoms with E-state index < -0.39 is 42.1 Å². The summed E-state index contributed by atoms with van der Waals surface area (Å²) in [7, 11) is 3.60. The maximum atomic E-state index is 12.6. The van der Waals surface area contributed by atoms with Crippen LogP contribution in [-0.4, -0.2) is 89.2 Å². The van der Waals surface area contributed by atoms with Gasteiger partial charge in [-0.05, 0) is 57.0 Å². The van der Waals surface area contributed by atoms with Crippen LogP contribution in [0, 0.1) is 0 Å². The molecule has 0 fully saturated rings. The smallest absolute Gasteiger partial charge is 0.333 e. The van der Waals surface area contributed by atoms with Gasteiger partial charge in [0, 0.05) is 24.6 Å². The molecule has 2 heterocycles. The van der Waals surface area contributed by atoms with Crippen LogP contribution in [0.2, 0.25) is 0 Å². The van der Waals surface area contributed by atoms with Crippen molar-refractivity contribution in [3.05, 3.63) is 35.1 Å². The molecule has 37 heavy (non-hydrogen) atoms. The van der Waals surface area contributed by atoms with Crippen LogP contribution >= 0.6 is 0 Å². The molecule has 11 heteroatoms. The second kappa shape index (κ2) is 11.1. The average Bonchev–Trinajstić information content (AvgIpc) is 2.84. The highest BCUT2D eigenvalue weighted by atomic mass is 16.6.